The second-order valence-corrected chi connectivity index (χ2v) is 5.61. The number of hydrogen-bond acceptors (Lipinski definition) is 3. The van der Waals surface area contributed by atoms with E-state index in [2.05, 4.69) is 39.2 Å². The molecule has 0 atom stereocenters. The predicted molar refractivity (Wildman–Crippen MR) is 88.1 cm³/mol. The van der Waals surface area contributed by atoms with E-state index >= 15 is 0 Å². The molecular weight excluding hydrogens is 340 g/mol. The Morgan fingerprint density at radius 1 is 1.15 bits per heavy atom. The van der Waals surface area contributed by atoms with Crippen LogP contribution in [0, 0.1) is 0 Å². The van der Waals surface area contributed by atoms with Crippen LogP contribution in [0.5, 0.6) is 0 Å². The van der Waals surface area contributed by atoms with Crippen molar-refractivity contribution in [2.24, 2.45) is 0 Å². The fraction of sp³-hybridized carbons (Fsp3) is 0.429. The van der Waals surface area contributed by atoms with Gasteiger partial charge in [0.1, 0.15) is 0 Å². The molecule has 2 N–H and O–H groups in total. The summed E-state index contributed by atoms with van der Waals surface area (Å²) in [4.78, 5) is 22.6. The van der Waals surface area contributed by atoms with Crippen molar-refractivity contribution >= 4 is 46.1 Å². The van der Waals surface area contributed by atoms with Gasteiger partial charge in [-0.15, -0.1) is 0 Å². The van der Waals surface area contributed by atoms with E-state index in [1.54, 1.807) is 0 Å². The smallest absolute Gasteiger partial charge is 0.229 e. The van der Waals surface area contributed by atoms with E-state index in [9.17, 15) is 9.59 Å². The van der Waals surface area contributed by atoms with Crippen LogP contribution in [0.1, 0.15) is 25.7 Å². The first-order valence-electron chi connectivity index (χ1n) is 6.55. The van der Waals surface area contributed by atoms with E-state index in [0.717, 1.165) is 29.4 Å². The molecule has 0 spiro atoms. The van der Waals surface area contributed by atoms with Crippen LogP contribution in [-0.4, -0.2) is 24.1 Å². The number of nitrogens with one attached hydrogen (secondary N) is 2. The first-order chi connectivity index (χ1) is 9.61. The standard InChI is InChI=1S/C14H19BrN2O2S/c15-11-5-4-6-12(9-11)17-13(18)7-2-1-3-8-16-14(19)10-20/h4-6,9,20H,1-3,7-8,10H2,(H,16,19)(H,17,18). The summed E-state index contributed by atoms with van der Waals surface area (Å²) in [7, 11) is 0. The number of amides is 2. The lowest BCUT2D eigenvalue weighted by Crippen LogP contribution is -2.25. The Kier molecular flexibility index (Phi) is 8.37. The maximum absolute atomic E-state index is 11.7. The second-order valence-electron chi connectivity index (χ2n) is 4.38. The zero-order valence-corrected chi connectivity index (χ0v) is 13.7. The molecule has 0 aliphatic carbocycles. The van der Waals surface area contributed by atoms with Gasteiger partial charge in [-0.3, -0.25) is 9.59 Å². The van der Waals surface area contributed by atoms with Crippen molar-refractivity contribution in [2.75, 3.05) is 17.6 Å². The molecule has 0 saturated heterocycles. The van der Waals surface area contributed by atoms with E-state index < -0.39 is 0 Å². The number of halogens is 1. The summed E-state index contributed by atoms with van der Waals surface area (Å²) in [6.07, 6.45) is 3.10. The molecule has 1 aromatic carbocycles. The molecule has 0 radical (unpaired) electrons. The van der Waals surface area contributed by atoms with Gasteiger partial charge in [-0.05, 0) is 31.0 Å². The molecule has 1 rings (SSSR count). The normalized spacial score (nSPS) is 10.1. The number of carbonyl (C=O) groups excluding carboxylic acids is 2. The Morgan fingerprint density at radius 3 is 2.65 bits per heavy atom. The van der Waals surface area contributed by atoms with Gasteiger partial charge in [0.05, 0.1) is 5.75 Å². The minimum atomic E-state index is -0.0549. The second kappa shape index (κ2) is 9.83. The average molecular weight is 359 g/mol. The van der Waals surface area contributed by atoms with Crippen LogP contribution in [0.2, 0.25) is 0 Å². The first kappa shape index (κ1) is 17.0. The molecule has 0 heterocycles. The molecule has 0 bridgehead atoms. The molecule has 6 heteroatoms. The van der Waals surface area contributed by atoms with E-state index in [4.69, 9.17) is 0 Å². The summed E-state index contributed by atoms with van der Waals surface area (Å²) >= 11 is 7.23. The number of thiol groups is 1. The Hall–Kier alpha value is -1.01. The monoisotopic (exact) mass is 358 g/mol. The van der Waals surface area contributed by atoms with Crippen molar-refractivity contribution in [3.05, 3.63) is 28.7 Å². The fourth-order valence-electron chi connectivity index (χ4n) is 1.66. The number of unbranched alkanes of at least 4 members (excludes halogenated alkanes) is 2. The lowest BCUT2D eigenvalue weighted by Gasteiger charge is -2.06. The summed E-state index contributed by atoms with van der Waals surface area (Å²) in [5, 5.41) is 5.60. The van der Waals surface area contributed by atoms with Crippen LogP contribution in [0.15, 0.2) is 28.7 Å². The van der Waals surface area contributed by atoms with Crippen LogP contribution in [0.4, 0.5) is 5.69 Å². The van der Waals surface area contributed by atoms with Gasteiger partial charge in [-0.1, -0.05) is 28.4 Å². The van der Waals surface area contributed by atoms with Gasteiger partial charge in [0.15, 0.2) is 0 Å². The Morgan fingerprint density at radius 2 is 1.95 bits per heavy atom. The number of anilines is 1. The Labute approximate surface area is 133 Å². The van der Waals surface area contributed by atoms with Crippen LogP contribution < -0.4 is 10.6 Å². The Balaban J connectivity index is 2.10. The van der Waals surface area contributed by atoms with Gasteiger partial charge in [-0.2, -0.15) is 12.6 Å². The van der Waals surface area contributed by atoms with Gasteiger partial charge in [0, 0.05) is 23.1 Å². The zero-order chi connectivity index (χ0) is 14.8. The molecule has 0 saturated carbocycles. The summed E-state index contributed by atoms with van der Waals surface area (Å²) < 4.78 is 0.940. The molecule has 0 fully saturated rings. The van der Waals surface area contributed by atoms with Crippen molar-refractivity contribution in [2.45, 2.75) is 25.7 Å². The molecule has 20 heavy (non-hydrogen) atoms. The highest BCUT2D eigenvalue weighted by Crippen LogP contribution is 2.16. The minimum Gasteiger partial charge on any atom is -0.355 e. The van der Waals surface area contributed by atoms with Crippen molar-refractivity contribution in [1.29, 1.82) is 0 Å². The molecule has 110 valence electrons. The molecule has 1 aromatic rings. The molecule has 0 aliphatic heterocycles. The minimum absolute atomic E-state index is 0.0162. The summed E-state index contributed by atoms with van der Waals surface area (Å²) in [6, 6.07) is 7.51. The summed E-state index contributed by atoms with van der Waals surface area (Å²) in [5.41, 5.74) is 0.797. The van der Waals surface area contributed by atoms with E-state index in [1.165, 1.54) is 0 Å². The van der Waals surface area contributed by atoms with Gasteiger partial charge < -0.3 is 10.6 Å². The average Bonchev–Trinajstić information content (AvgIpc) is 2.42. The SMILES string of the molecule is O=C(CS)NCCCCCC(=O)Nc1cccc(Br)c1. The van der Waals surface area contributed by atoms with Crippen LogP contribution >= 0.6 is 28.6 Å². The van der Waals surface area contributed by atoms with Crippen LogP contribution in [0.3, 0.4) is 0 Å². The highest BCUT2D eigenvalue weighted by Gasteiger charge is 2.02. The summed E-state index contributed by atoms with van der Waals surface area (Å²) in [5.74, 6) is 0.179. The molecule has 0 aromatic heterocycles. The molecule has 4 nitrogen and oxygen atoms in total. The van der Waals surface area contributed by atoms with Crippen LogP contribution in [0.25, 0.3) is 0 Å². The van der Waals surface area contributed by atoms with Gasteiger partial charge in [0.25, 0.3) is 0 Å². The lowest BCUT2D eigenvalue weighted by atomic mass is 10.2. The van der Waals surface area contributed by atoms with E-state index in [-0.39, 0.29) is 17.6 Å². The largest absolute Gasteiger partial charge is 0.355 e. The van der Waals surface area contributed by atoms with Crippen molar-refractivity contribution in [1.82, 2.24) is 5.32 Å². The lowest BCUT2D eigenvalue weighted by molar-refractivity contribution is -0.118. The maximum atomic E-state index is 11.7. The number of rotatable bonds is 8. The molecule has 0 aliphatic rings. The number of benzene rings is 1. The van der Waals surface area contributed by atoms with Crippen molar-refractivity contribution < 1.29 is 9.59 Å². The molecular formula is C14H19BrN2O2S. The maximum Gasteiger partial charge on any atom is 0.229 e. The number of carbonyl (C=O) groups is 2. The van der Waals surface area contributed by atoms with Crippen molar-refractivity contribution in [3.8, 4) is 0 Å². The van der Waals surface area contributed by atoms with Gasteiger partial charge in [-0.25, -0.2) is 0 Å². The van der Waals surface area contributed by atoms with Gasteiger partial charge >= 0.3 is 0 Å². The quantitative estimate of drug-likeness (QED) is 0.494. The predicted octanol–water partition coefficient (Wildman–Crippen LogP) is 2.99. The fourth-order valence-corrected chi connectivity index (χ4v) is 2.17. The zero-order valence-electron chi connectivity index (χ0n) is 11.2. The topological polar surface area (TPSA) is 58.2 Å². The first-order valence-corrected chi connectivity index (χ1v) is 7.97. The van der Waals surface area contributed by atoms with Gasteiger partial charge in [0.2, 0.25) is 11.8 Å². The third-order valence-corrected chi connectivity index (χ3v) is 3.44. The van der Waals surface area contributed by atoms with E-state index in [1.807, 2.05) is 24.3 Å². The highest BCUT2D eigenvalue weighted by molar-refractivity contribution is 9.10. The third kappa shape index (κ3) is 7.55. The molecule has 0 unspecified atom stereocenters. The van der Waals surface area contributed by atoms with E-state index in [0.29, 0.717) is 13.0 Å². The number of hydrogen-bond donors (Lipinski definition) is 3. The van der Waals surface area contributed by atoms with Crippen molar-refractivity contribution in [3.63, 3.8) is 0 Å². The highest BCUT2D eigenvalue weighted by atomic mass is 79.9. The van der Waals surface area contributed by atoms with Crippen LogP contribution in [-0.2, 0) is 9.59 Å². The Bertz CT molecular complexity index is 455. The summed E-state index contributed by atoms with van der Waals surface area (Å²) in [6.45, 7) is 0.645. The third-order valence-electron chi connectivity index (χ3n) is 2.65. The molecule has 2 amide bonds.